The highest BCUT2D eigenvalue weighted by Gasteiger charge is 2.40. The van der Waals surface area contributed by atoms with E-state index in [9.17, 15) is 19.8 Å². The number of carboxylic acids is 1. The first-order chi connectivity index (χ1) is 16.8. The Morgan fingerprint density at radius 2 is 1.94 bits per heavy atom. The van der Waals surface area contributed by atoms with Gasteiger partial charge < -0.3 is 25.5 Å². The molecule has 1 aliphatic heterocycles. The summed E-state index contributed by atoms with van der Waals surface area (Å²) in [5.41, 5.74) is 8.79. The summed E-state index contributed by atoms with van der Waals surface area (Å²) in [5.74, 6) is -0.579. The topological polar surface area (TPSA) is 125 Å². The van der Waals surface area contributed by atoms with Gasteiger partial charge in [-0.05, 0) is 54.9 Å². The monoisotopic (exact) mass is 480 g/mol. The molecule has 1 saturated carbocycles. The number of carboxylic acid groups (broad SMARTS) is 1. The van der Waals surface area contributed by atoms with Crippen LogP contribution in [0.25, 0.3) is 22.2 Å². The van der Waals surface area contributed by atoms with Crippen molar-refractivity contribution < 1.29 is 15.0 Å². The van der Waals surface area contributed by atoms with Crippen LogP contribution in [0.2, 0.25) is 0 Å². The number of nitrogens with one attached hydrogen (secondary N) is 1. The van der Waals surface area contributed by atoms with Crippen molar-refractivity contribution in [3.8, 4) is 17.0 Å². The molecule has 0 amide bonds. The van der Waals surface area contributed by atoms with E-state index in [4.69, 9.17) is 5.73 Å². The van der Waals surface area contributed by atoms with Crippen molar-refractivity contribution in [2.24, 2.45) is 24.6 Å². The number of aromatic hydroxyl groups is 1. The van der Waals surface area contributed by atoms with E-state index in [0.29, 0.717) is 35.6 Å². The molecule has 3 heterocycles. The minimum atomic E-state index is -1.44. The number of H-pyrrole nitrogens is 1. The van der Waals surface area contributed by atoms with Crippen molar-refractivity contribution in [1.29, 1.82) is 0 Å². The van der Waals surface area contributed by atoms with E-state index in [2.05, 4.69) is 27.6 Å². The van der Waals surface area contributed by atoms with Crippen LogP contribution in [0.15, 0.2) is 29.1 Å². The Hall–Kier alpha value is -3.10. The molecule has 188 valence electrons. The molecular weight excluding hydrogens is 444 g/mol. The van der Waals surface area contributed by atoms with Gasteiger partial charge in [0.05, 0.1) is 5.69 Å². The lowest BCUT2D eigenvalue weighted by molar-refractivity contribution is 0.0691. The first kappa shape index (κ1) is 25.0. The molecule has 0 bridgehead atoms. The van der Waals surface area contributed by atoms with Gasteiger partial charge in [-0.15, -0.1) is 0 Å². The number of aromatic carboxylic acids is 1. The highest BCUT2D eigenvalue weighted by atomic mass is 16.4. The predicted octanol–water partition coefficient (Wildman–Crippen LogP) is 3.70. The fourth-order valence-corrected chi connectivity index (χ4v) is 5.89. The maximum Gasteiger partial charge on any atom is 0.345 e. The number of carbonyl (C=O) groups is 1. The van der Waals surface area contributed by atoms with Crippen molar-refractivity contribution in [2.75, 3.05) is 13.1 Å². The minimum Gasteiger partial charge on any atom is -0.506 e. The predicted molar refractivity (Wildman–Crippen MR) is 138 cm³/mol. The van der Waals surface area contributed by atoms with Crippen LogP contribution in [0, 0.1) is 11.8 Å². The molecule has 2 fully saturated rings. The lowest BCUT2D eigenvalue weighted by atomic mass is 9.98. The maximum atomic E-state index is 12.3. The van der Waals surface area contributed by atoms with Gasteiger partial charge in [-0.25, -0.2) is 4.79 Å². The van der Waals surface area contributed by atoms with Crippen molar-refractivity contribution in [1.82, 2.24) is 14.5 Å². The van der Waals surface area contributed by atoms with E-state index in [1.165, 1.54) is 12.1 Å². The van der Waals surface area contributed by atoms with Crippen molar-refractivity contribution in [3.05, 3.63) is 51.4 Å². The molecule has 8 heteroatoms. The van der Waals surface area contributed by atoms with Crippen LogP contribution in [-0.4, -0.2) is 49.8 Å². The van der Waals surface area contributed by atoms with Crippen molar-refractivity contribution >= 4 is 16.9 Å². The summed E-state index contributed by atoms with van der Waals surface area (Å²) in [7, 11) is 2.06. The Labute approximate surface area is 205 Å². The van der Waals surface area contributed by atoms with Crippen molar-refractivity contribution in [2.45, 2.75) is 52.6 Å². The lowest BCUT2D eigenvalue weighted by Gasteiger charge is -2.18. The van der Waals surface area contributed by atoms with E-state index in [1.807, 2.05) is 39.0 Å². The highest BCUT2D eigenvalue weighted by Crippen LogP contribution is 2.38. The molecule has 5 rings (SSSR count). The number of pyridine rings is 1. The Morgan fingerprint density at radius 1 is 1.20 bits per heavy atom. The van der Waals surface area contributed by atoms with Crippen LogP contribution in [0.1, 0.15) is 55.2 Å². The molecule has 0 radical (unpaired) electrons. The molecule has 3 aromatic rings. The van der Waals surface area contributed by atoms with Crippen LogP contribution in [0.4, 0.5) is 0 Å². The van der Waals surface area contributed by atoms with Gasteiger partial charge in [-0.1, -0.05) is 26.8 Å². The van der Waals surface area contributed by atoms with Gasteiger partial charge in [0.1, 0.15) is 5.75 Å². The van der Waals surface area contributed by atoms with E-state index >= 15 is 0 Å². The van der Waals surface area contributed by atoms with Gasteiger partial charge in [0.25, 0.3) is 5.56 Å². The van der Waals surface area contributed by atoms with Crippen LogP contribution in [0.3, 0.4) is 0 Å². The number of benzene rings is 1. The molecule has 2 aromatic heterocycles. The zero-order chi connectivity index (χ0) is 25.4. The van der Waals surface area contributed by atoms with Crippen LogP contribution >= 0.6 is 0 Å². The van der Waals surface area contributed by atoms with Gasteiger partial charge in [0.15, 0.2) is 5.56 Å². The molecule has 5 N–H and O–H groups in total. The number of aromatic nitrogens is 2. The molecule has 1 saturated heterocycles. The van der Waals surface area contributed by atoms with Gasteiger partial charge in [-0.3, -0.25) is 9.69 Å². The second-order valence-corrected chi connectivity index (χ2v) is 9.52. The fourth-order valence-electron chi connectivity index (χ4n) is 5.89. The molecule has 0 spiro atoms. The molecule has 3 atom stereocenters. The Balaban J connectivity index is 0.00000141. The second-order valence-electron chi connectivity index (χ2n) is 9.52. The Bertz CT molecular complexity index is 1310. The standard InChI is InChI=1S/C25H30N4O4.C2H6/c1-3-17-22(27-24(31)21(23(17)30)25(32)33)13-5-7-20-15(8-13)9-16(28(20)2)11-29-10-14-4-6-19(26)18(14)12-29;1-2/h5,7-9,14,18-19H,3-4,6,10-12,26H2,1-2H3,(H,32,33)(H2,27,30,31);1-2H3/t14-,18+,19-;/m1./s1. The summed E-state index contributed by atoms with van der Waals surface area (Å²) in [6, 6.07) is 8.38. The molecule has 0 unspecified atom stereocenters. The molecular formula is C27H36N4O4. The second kappa shape index (κ2) is 9.87. The summed E-state index contributed by atoms with van der Waals surface area (Å²) in [4.78, 5) is 28.9. The number of aromatic amines is 1. The van der Waals surface area contributed by atoms with Gasteiger partial charge in [0, 0.05) is 54.9 Å². The smallest absolute Gasteiger partial charge is 0.345 e. The largest absolute Gasteiger partial charge is 0.506 e. The zero-order valence-electron chi connectivity index (χ0n) is 21.0. The SMILES string of the molecule is CC.CCc1c(-c2ccc3c(c2)cc(CN2C[C@H]4CC[C@@H](N)[C@H]4C2)n3C)[nH]c(=O)c(C(=O)O)c1O. The van der Waals surface area contributed by atoms with Crippen molar-refractivity contribution in [3.63, 3.8) is 0 Å². The third-order valence-corrected chi connectivity index (χ3v) is 7.66. The molecule has 8 nitrogen and oxygen atoms in total. The van der Waals surface area contributed by atoms with Crippen LogP contribution < -0.4 is 11.3 Å². The maximum absolute atomic E-state index is 12.3. The minimum absolute atomic E-state index is 0.328. The summed E-state index contributed by atoms with van der Waals surface area (Å²) in [6.07, 6.45) is 2.76. The number of rotatable bonds is 5. The van der Waals surface area contributed by atoms with Gasteiger partial charge in [-0.2, -0.15) is 0 Å². The summed E-state index contributed by atoms with van der Waals surface area (Å²) >= 11 is 0. The number of fused-ring (bicyclic) bond motifs is 2. The average molecular weight is 481 g/mol. The highest BCUT2D eigenvalue weighted by molar-refractivity contribution is 5.92. The quantitative estimate of drug-likeness (QED) is 0.441. The fraction of sp³-hybridized carbons (Fsp3) is 0.481. The number of hydrogen-bond donors (Lipinski definition) is 4. The summed E-state index contributed by atoms with van der Waals surface area (Å²) < 4.78 is 2.20. The number of aryl methyl sites for hydroxylation is 1. The Morgan fingerprint density at radius 3 is 2.60 bits per heavy atom. The average Bonchev–Trinajstić information content (AvgIpc) is 3.49. The third-order valence-electron chi connectivity index (χ3n) is 7.66. The molecule has 2 aliphatic rings. The zero-order valence-corrected chi connectivity index (χ0v) is 21.0. The molecule has 1 aliphatic carbocycles. The first-order valence-corrected chi connectivity index (χ1v) is 12.6. The Kier molecular flexibility index (Phi) is 7.05. The van der Waals surface area contributed by atoms with E-state index in [-0.39, 0.29) is 0 Å². The molecule has 1 aromatic carbocycles. The first-order valence-electron chi connectivity index (χ1n) is 12.6. The van der Waals surface area contributed by atoms with Crippen LogP contribution in [0.5, 0.6) is 5.75 Å². The normalized spacial score (nSPS) is 21.7. The summed E-state index contributed by atoms with van der Waals surface area (Å²) in [6.45, 7) is 8.83. The van der Waals surface area contributed by atoms with E-state index in [1.54, 1.807) is 0 Å². The summed E-state index contributed by atoms with van der Waals surface area (Å²) in [5, 5.41) is 20.8. The van der Waals surface area contributed by atoms with Gasteiger partial charge in [0.2, 0.25) is 0 Å². The number of likely N-dealkylation sites (tertiary alicyclic amines) is 1. The third kappa shape index (κ3) is 4.36. The van der Waals surface area contributed by atoms with Gasteiger partial charge >= 0.3 is 5.97 Å². The number of nitrogens with two attached hydrogens (primary N) is 1. The lowest BCUT2D eigenvalue weighted by Crippen LogP contribution is -2.30. The molecule has 35 heavy (non-hydrogen) atoms. The number of hydrogen-bond acceptors (Lipinski definition) is 5. The number of nitrogens with zero attached hydrogens (tertiary/aromatic N) is 2. The van der Waals surface area contributed by atoms with E-state index < -0.39 is 22.8 Å². The van der Waals surface area contributed by atoms with Crippen LogP contribution in [-0.2, 0) is 20.0 Å². The van der Waals surface area contributed by atoms with E-state index in [0.717, 1.165) is 42.5 Å².